The fraction of sp³-hybridized carbons (Fsp3) is 0.706. The molecule has 2 fully saturated rings. The molecular formula is C17H26FN5O. The van der Waals surface area contributed by atoms with E-state index in [4.69, 9.17) is 0 Å². The van der Waals surface area contributed by atoms with Crippen LogP contribution in [0.15, 0.2) is 12.4 Å². The maximum absolute atomic E-state index is 13.1. The number of anilines is 1. The molecule has 2 aliphatic rings. The number of piperidine rings is 2. The molecule has 1 aromatic rings. The van der Waals surface area contributed by atoms with E-state index < -0.39 is 5.82 Å². The lowest BCUT2D eigenvalue weighted by atomic mass is 9.79. The van der Waals surface area contributed by atoms with Gasteiger partial charge < -0.3 is 14.7 Å². The highest BCUT2D eigenvalue weighted by Gasteiger charge is 2.45. The Morgan fingerprint density at radius 1 is 1.25 bits per heavy atom. The number of hydrogen-bond donors (Lipinski definition) is 0. The minimum Gasteiger partial charge on any atom is -0.338 e. The van der Waals surface area contributed by atoms with Gasteiger partial charge in [-0.15, -0.1) is 0 Å². The van der Waals surface area contributed by atoms with Gasteiger partial charge in [-0.2, -0.15) is 0 Å². The summed E-state index contributed by atoms with van der Waals surface area (Å²) >= 11 is 0. The van der Waals surface area contributed by atoms with Crippen molar-refractivity contribution in [3.8, 4) is 0 Å². The minimum atomic E-state index is -0.425. The van der Waals surface area contributed by atoms with Crippen molar-refractivity contribution in [2.75, 3.05) is 45.2 Å². The van der Waals surface area contributed by atoms with E-state index in [0.29, 0.717) is 12.4 Å². The Bertz CT molecular complexity index is 575. The molecule has 3 heterocycles. The zero-order valence-electron chi connectivity index (χ0n) is 14.5. The van der Waals surface area contributed by atoms with Gasteiger partial charge in [0.2, 0.25) is 11.9 Å². The van der Waals surface area contributed by atoms with Crippen molar-refractivity contribution in [3.63, 3.8) is 0 Å². The zero-order valence-corrected chi connectivity index (χ0v) is 14.5. The van der Waals surface area contributed by atoms with Gasteiger partial charge in [0.25, 0.3) is 0 Å². The van der Waals surface area contributed by atoms with Crippen LogP contribution in [0, 0.1) is 5.82 Å². The van der Waals surface area contributed by atoms with Gasteiger partial charge in [-0.1, -0.05) is 0 Å². The molecule has 1 aromatic heterocycles. The van der Waals surface area contributed by atoms with Gasteiger partial charge in [-0.25, -0.2) is 14.4 Å². The summed E-state index contributed by atoms with van der Waals surface area (Å²) in [6.07, 6.45) is 7.02. The van der Waals surface area contributed by atoms with E-state index in [9.17, 15) is 9.18 Å². The van der Waals surface area contributed by atoms with Gasteiger partial charge in [-0.05, 0) is 39.8 Å². The zero-order chi connectivity index (χ0) is 17.2. The second-order valence-corrected chi connectivity index (χ2v) is 7.15. The molecule has 1 spiro atoms. The normalized spacial score (nSPS) is 24.9. The molecule has 132 valence electrons. The molecule has 6 nitrogen and oxygen atoms in total. The summed E-state index contributed by atoms with van der Waals surface area (Å²) in [7, 11) is 4.06. The van der Waals surface area contributed by atoms with Crippen LogP contribution in [0.1, 0.15) is 32.1 Å². The van der Waals surface area contributed by atoms with E-state index in [2.05, 4.69) is 24.7 Å². The summed E-state index contributed by atoms with van der Waals surface area (Å²) in [6.45, 7) is 3.20. The smallest absolute Gasteiger partial charge is 0.225 e. The van der Waals surface area contributed by atoms with Crippen LogP contribution in [0.2, 0.25) is 0 Å². The first-order valence-corrected chi connectivity index (χ1v) is 8.68. The molecule has 0 N–H and O–H groups in total. The summed E-state index contributed by atoms with van der Waals surface area (Å²) in [5, 5.41) is 0. The van der Waals surface area contributed by atoms with Crippen molar-refractivity contribution in [3.05, 3.63) is 18.2 Å². The number of rotatable bonds is 4. The van der Waals surface area contributed by atoms with Crippen LogP contribution in [-0.2, 0) is 4.79 Å². The molecule has 3 rings (SSSR count). The second-order valence-electron chi connectivity index (χ2n) is 7.15. The number of carbonyl (C=O) groups excluding carboxylic acids is 1. The highest BCUT2D eigenvalue weighted by Crippen LogP contribution is 2.37. The maximum atomic E-state index is 13.1. The van der Waals surface area contributed by atoms with Crippen molar-refractivity contribution >= 4 is 11.9 Å². The predicted molar refractivity (Wildman–Crippen MR) is 90.3 cm³/mol. The van der Waals surface area contributed by atoms with Crippen LogP contribution in [0.3, 0.4) is 0 Å². The topological polar surface area (TPSA) is 52.6 Å². The number of halogens is 1. The molecule has 0 aromatic carbocycles. The first kappa shape index (κ1) is 17.1. The summed E-state index contributed by atoms with van der Waals surface area (Å²) in [6, 6.07) is 0. The average molecular weight is 335 g/mol. The number of nitrogens with zero attached hydrogens (tertiary/aromatic N) is 5. The lowest BCUT2D eigenvalue weighted by Gasteiger charge is -2.52. The van der Waals surface area contributed by atoms with Gasteiger partial charge in [0, 0.05) is 32.6 Å². The molecule has 1 unspecified atom stereocenters. The van der Waals surface area contributed by atoms with E-state index in [1.165, 1.54) is 12.4 Å². The van der Waals surface area contributed by atoms with Crippen molar-refractivity contribution in [2.45, 2.75) is 37.6 Å². The molecule has 1 atom stereocenters. The second kappa shape index (κ2) is 7.01. The minimum absolute atomic E-state index is 0.138. The quantitative estimate of drug-likeness (QED) is 0.835. The van der Waals surface area contributed by atoms with Crippen LogP contribution >= 0.6 is 0 Å². The monoisotopic (exact) mass is 335 g/mol. The van der Waals surface area contributed by atoms with Crippen molar-refractivity contribution in [2.24, 2.45) is 0 Å². The fourth-order valence-electron chi connectivity index (χ4n) is 3.94. The average Bonchev–Trinajstić information content (AvgIpc) is 2.55. The fourth-order valence-corrected chi connectivity index (χ4v) is 3.94. The summed E-state index contributed by atoms with van der Waals surface area (Å²) in [5.74, 6) is 0.386. The Hall–Kier alpha value is -1.76. The summed E-state index contributed by atoms with van der Waals surface area (Å²) < 4.78 is 13.1. The van der Waals surface area contributed by atoms with Crippen molar-refractivity contribution in [1.29, 1.82) is 0 Å². The van der Waals surface area contributed by atoms with Gasteiger partial charge in [0.15, 0.2) is 5.82 Å². The number of aromatic nitrogens is 2. The lowest BCUT2D eigenvalue weighted by molar-refractivity contribution is -0.143. The predicted octanol–water partition coefficient (Wildman–Crippen LogP) is 1.53. The Labute approximate surface area is 142 Å². The molecule has 0 aliphatic carbocycles. The third-order valence-electron chi connectivity index (χ3n) is 5.12. The third-order valence-corrected chi connectivity index (χ3v) is 5.12. The van der Waals surface area contributed by atoms with Crippen LogP contribution in [0.4, 0.5) is 10.3 Å². The SMILES string of the molecule is CN(C)CCN1C(=O)CCCC12CCCN(c1ncc(F)cn1)C2. The molecule has 24 heavy (non-hydrogen) atoms. The van der Waals surface area contributed by atoms with E-state index in [1.54, 1.807) is 0 Å². The molecule has 0 radical (unpaired) electrons. The van der Waals surface area contributed by atoms with Crippen LogP contribution < -0.4 is 4.90 Å². The molecule has 0 saturated carbocycles. The molecule has 7 heteroatoms. The van der Waals surface area contributed by atoms with Crippen LogP contribution in [0.5, 0.6) is 0 Å². The number of likely N-dealkylation sites (N-methyl/N-ethyl adjacent to an activating group) is 1. The Kier molecular flexibility index (Phi) is 4.99. The first-order valence-electron chi connectivity index (χ1n) is 8.68. The lowest BCUT2D eigenvalue weighted by Crippen LogP contribution is -2.63. The number of hydrogen-bond acceptors (Lipinski definition) is 5. The summed E-state index contributed by atoms with van der Waals surface area (Å²) in [5.41, 5.74) is -0.138. The van der Waals surface area contributed by atoms with E-state index in [0.717, 1.165) is 51.9 Å². The number of likely N-dealkylation sites (tertiary alicyclic amines) is 1. The molecule has 2 saturated heterocycles. The maximum Gasteiger partial charge on any atom is 0.225 e. The van der Waals surface area contributed by atoms with Gasteiger partial charge in [-0.3, -0.25) is 4.79 Å². The van der Waals surface area contributed by atoms with Gasteiger partial charge in [0.05, 0.1) is 17.9 Å². The van der Waals surface area contributed by atoms with E-state index in [1.807, 2.05) is 14.1 Å². The van der Waals surface area contributed by atoms with E-state index >= 15 is 0 Å². The van der Waals surface area contributed by atoms with E-state index in [-0.39, 0.29) is 11.4 Å². The molecular weight excluding hydrogens is 309 g/mol. The molecule has 0 bridgehead atoms. The van der Waals surface area contributed by atoms with Gasteiger partial charge >= 0.3 is 0 Å². The summed E-state index contributed by atoms with van der Waals surface area (Å²) in [4.78, 5) is 27.1. The molecule has 2 aliphatic heterocycles. The Morgan fingerprint density at radius 2 is 1.96 bits per heavy atom. The number of amides is 1. The Balaban J connectivity index is 1.80. The first-order chi connectivity index (χ1) is 11.5. The highest BCUT2D eigenvalue weighted by molar-refractivity contribution is 5.78. The van der Waals surface area contributed by atoms with Crippen molar-refractivity contribution in [1.82, 2.24) is 19.8 Å². The standard InChI is InChI=1S/C17H26FN5O/c1-21(2)9-10-23-15(24)5-3-6-17(23)7-4-8-22(13-17)16-19-11-14(18)12-20-16/h11-12H,3-10,13H2,1-2H3. The van der Waals surface area contributed by atoms with Crippen LogP contribution in [0.25, 0.3) is 0 Å². The van der Waals surface area contributed by atoms with Crippen molar-refractivity contribution < 1.29 is 9.18 Å². The number of carbonyl (C=O) groups is 1. The largest absolute Gasteiger partial charge is 0.338 e. The third kappa shape index (κ3) is 3.50. The Morgan fingerprint density at radius 3 is 2.67 bits per heavy atom. The van der Waals surface area contributed by atoms with Gasteiger partial charge in [0.1, 0.15) is 0 Å². The molecule has 1 amide bonds. The highest BCUT2D eigenvalue weighted by atomic mass is 19.1. The van der Waals surface area contributed by atoms with Crippen LogP contribution in [-0.4, -0.2) is 71.5 Å².